The van der Waals surface area contributed by atoms with E-state index in [0.717, 1.165) is 5.56 Å². The number of hydrogen-bond acceptors (Lipinski definition) is 5. The summed E-state index contributed by atoms with van der Waals surface area (Å²) in [6.07, 6.45) is 0. The fraction of sp³-hybridized carbons (Fsp3) is 0.467. The SMILES string of the molecule is Cc1ccc(NC(=O)CSCC(=O)OC(C)(C)C)cc1N. The average Bonchev–Trinajstić information content (AvgIpc) is 2.31. The Morgan fingerprint density at radius 3 is 2.52 bits per heavy atom. The Labute approximate surface area is 129 Å². The summed E-state index contributed by atoms with van der Waals surface area (Å²) in [5.41, 5.74) is 7.53. The zero-order valence-electron chi connectivity index (χ0n) is 12.9. The highest BCUT2D eigenvalue weighted by molar-refractivity contribution is 8.00. The first-order chi connectivity index (χ1) is 9.67. The summed E-state index contributed by atoms with van der Waals surface area (Å²) in [5.74, 6) is -0.153. The molecule has 116 valence electrons. The minimum absolute atomic E-state index is 0.153. The molecule has 0 aliphatic heterocycles. The first-order valence-electron chi connectivity index (χ1n) is 6.63. The smallest absolute Gasteiger partial charge is 0.316 e. The van der Waals surface area contributed by atoms with Crippen LogP contribution in [0.1, 0.15) is 26.3 Å². The maximum Gasteiger partial charge on any atom is 0.316 e. The van der Waals surface area contributed by atoms with Crippen molar-refractivity contribution in [1.82, 2.24) is 0 Å². The Bertz CT molecular complexity index is 524. The molecule has 1 aromatic rings. The molecule has 21 heavy (non-hydrogen) atoms. The molecule has 3 N–H and O–H groups in total. The number of amides is 1. The number of hydrogen-bond donors (Lipinski definition) is 2. The predicted octanol–water partition coefficient (Wildman–Crippen LogP) is 2.59. The van der Waals surface area contributed by atoms with Crippen LogP contribution in [-0.2, 0) is 14.3 Å². The lowest BCUT2D eigenvalue weighted by molar-refractivity contribution is -0.151. The third-order valence-corrected chi connectivity index (χ3v) is 3.34. The van der Waals surface area contributed by atoms with Crippen LogP contribution < -0.4 is 11.1 Å². The number of rotatable bonds is 5. The molecule has 6 heteroatoms. The molecule has 0 atom stereocenters. The van der Waals surface area contributed by atoms with Gasteiger partial charge in [-0.05, 0) is 45.4 Å². The number of nitrogen functional groups attached to an aromatic ring is 1. The standard InChI is InChI=1S/C15H22N2O3S/c1-10-5-6-11(7-12(10)16)17-13(18)8-21-9-14(19)20-15(2,3)4/h5-7H,8-9,16H2,1-4H3,(H,17,18). The van der Waals surface area contributed by atoms with Crippen LogP contribution >= 0.6 is 11.8 Å². The number of carbonyl (C=O) groups excluding carboxylic acids is 2. The van der Waals surface area contributed by atoms with Gasteiger partial charge in [0.1, 0.15) is 5.60 Å². The molecule has 0 unspecified atom stereocenters. The molecule has 0 aromatic heterocycles. The molecule has 0 aliphatic carbocycles. The first kappa shape index (κ1) is 17.4. The van der Waals surface area contributed by atoms with Gasteiger partial charge in [0, 0.05) is 11.4 Å². The number of anilines is 2. The molecule has 0 saturated heterocycles. The van der Waals surface area contributed by atoms with E-state index in [4.69, 9.17) is 10.5 Å². The van der Waals surface area contributed by atoms with Crippen LogP contribution in [0.25, 0.3) is 0 Å². The summed E-state index contributed by atoms with van der Waals surface area (Å²) in [5, 5.41) is 2.74. The fourth-order valence-electron chi connectivity index (χ4n) is 1.51. The molecule has 0 radical (unpaired) electrons. The second kappa shape index (κ2) is 7.36. The van der Waals surface area contributed by atoms with Crippen molar-refractivity contribution < 1.29 is 14.3 Å². The topological polar surface area (TPSA) is 81.4 Å². The van der Waals surface area contributed by atoms with Crippen molar-refractivity contribution in [2.24, 2.45) is 0 Å². The second-order valence-electron chi connectivity index (χ2n) is 5.70. The summed E-state index contributed by atoms with van der Waals surface area (Å²) < 4.78 is 5.16. The highest BCUT2D eigenvalue weighted by Gasteiger charge is 2.16. The molecular formula is C15H22N2O3S. The van der Waals surface area contributed by atoms with E-state index in [1.807, 2.05) is 33.8 Å². The van der Waals surface area contributed by atoms with Gasteiger partial charge in [-0.3, -0.25) is 9.59 Å². The van der Waals surface area contributed by atoms with Gasteiger partial charge in [-0.25, -0.2) is 0 Å². The van der Waals surface area contributed by atoms with Crippen molar-refractivity contribution in [3.63, 3.8) is 0 Å². The number of esters is 1. The van der Waals surface area contributed by atoms with Crippen molar-refractivity contribution in [2.45, 2.75) is 33.3 Å². The van der Waals surface area contributed by atoms with E-state index in [1.54, 1.807) is 12.1 Å². The van der Waals surface area contributed by atoms with Crippen molar-refractivity contribution in [3.05, 3.63) is 23.8 Å². The van der Waals surface area contributed by atoms with Gasteiger partial charge in [0.25, 0.3) is 0 Å². The lowest BCUT2D eigenvalue weighted by Gasteiger charge is -2.19. The van der Waals surface area contributed by atoms with Crippen LogP contribution in [0.15, 0.2) is 18.2 Å². The summed E-state index contributed by atoms with van der Waals surface area (Å²) in [7, 11) is 0. The summed E-state index contributed by atoms with van der Waals surface area (Å²) in [4.78, 5) is 23.2. The number of nitrogens with one attached hydrogen (secondary N) is 1. The highest BCUT2D eigenvalue weighted by Crippen LogP contribution is 2.17. The number of aryl methyl sites for hydroxylation is 1. The minimum atomic E-state index is -0.501. The highest BCUT2D eigenvalue weighted by atomic mass is 32.2. The Kier molecular flexibility index (Phi) is 6.08. The van der Waals surface area contributed by atoms with E-state index in [1.165, 1.54) is 11.8 Å². The number of benzene rings is 1. The maximum atomic E-state index is 11.8. The number of thioether (sulfide) groups is 1. The lowest BCUT2D eigenvalue weighted by Crippen LogP contribution is -2.25. The van der Waals surface area contributed by atoms with Gasteiger partial charge in [-0.1, -0.05) is 6.07 Å². The number of nitrogens with two attached hydrogens (primary N) is 1. The molecule has 5 nitrogen and oxygen atoms in total. The van der Waals surface area contributed by atoms with Gasteiger partial charge in [0.2, 0.25) is 5.91 Å². The van der Waals surface area contributed by atoms with Crippen molar-refractivity contribution >= 4 is 35.0 Å². The van der Waals surface area contributed by atoms with Gasteiger partial charge < -0.3 is 15.8 Å². The van der Waals surface area contributed by atoms with Crippen LogP contribution in [0.3, 0.4) is 0 Å². The zero-order valence-corrected chi connectivity index (χ0v) is 13.7. The Balaban J connectivity index is 2.34. The van der Waals surface area contributed by atoms with Crippen LogP contribution in [0.4, 0.5) is 11.4 Å². The van der Waals surface area contributed by atoms with E-state index in [2.05, 4.69) is 5.32 Å². The van der Waals surface area contributed by atoms with Gasteiger partial charge in [-0.2, -0.15) is 0 Å². The lowest BCUT2D eigenvalue weighted by atomic mass is 10.2. The van der Waals surface area contributed by atoms with Crippen LogP contribution in [0, 0.1) is 6.92 Å². The van der Waals surface area contributed by atoms with Crippen molar-refractivity contribution in [1.29, 1.82) is 0 Å². The average molecular weight is 310 g/mol. The third-order valence-electron chi connectivity index (χ3n) is 2.44. The van der Waals surface area contributed by atoms with Crippen LogP contribution in [0.5, 0.6) is 0 Å². The van der Waals surface area contributed by atoms with E-state index in [-0.39, 0.29) is 23.4 Å². The summed E-state index contributed by atoms with van der Waals surface area (Å²) >= 11 is 1.22. The van der Waals surface area contributed by atoms with E-state index in [0.29, 0.717) is 11.4 Å². The van der Waals surface area contributed by atoms with Gasteiger partial charge >= 0.3 is 5.97 Å². The van der Waals surface area contributed by atoms with Crippen molar-refractivity contribution in [3.8, 4) is 0 Å². The van der Waals surface area contributed by atoms with E-state index in [9.17, 15) is 9.59 Å². The molecule has 1 amide bonds. The fourth-order valence-corrected chi connectivity index (χ4v) is 2.10. The van der Waals surface area contributed by atoms with Gasteiger partial charge in [0.15, 0.2) is 0 Å². The largest absolute Gasteiger partial charge is 0.459 e. The van der Waals surface area contributed by atoms with E-state index >= 15 is 0 Å². The molecule has 1 aromatic carbocycles. The Morgan fingerprint density at radius 1 is 1.29 bits per heavy atom. The molecular weight excluding hydrogens is 288 g/mol. The van der Waals surface area contributed by atoms with Crippen molar-refractivity contribution in [2.75, 3.05) is 22.6 Å². The Morgan fingerprint density at radius 2 is 1.95 bits per heavy atom. The summed E-state index contributed by atoms with van der Waals surface area (Å²) in [6.45, 7) is 7.33. The molecule has 0 aliphatic rings. The second-order valence-corrected chi connectivity index (χ2v) is 6.68. The normalized spacial score (nSPS) is 11.0. The summed E-state index contributed by atoms with van der Waals surface area (Å²) in [6, 6.07) is 5.35. The third kappa shape index (κ3) is 7.04. The maximum absolute atomic E-state index is 11.8. The van der Waals surface area contributed by atoms with Gasteiger partial charge in [0.05, 0.1) is 11.5 Å². The number of carbonyl (C=O) groups is 2. The quantitative estimate of drug-likeness (QED) is 0.645. The predicted molar refractivity (Wildman–Crippen MR) is 87.4 cm³/mol. The monoisotopic (exact) mass is 310 g/mol. The first-order valence-corrected chi connectivity index (χ1v) is 7.78. The molecule has 0 saturated carbocycles. The minimum Gasteiger partial charge on any atom is -0.459 e. The molecule has 0 bridgehead atoms. The molecule has 1 rings (SSSR count). The van der Waals surface area contributed by atoms with E-state index < -0.39 is 5.60 Å². The number of ether oxygens (including phenoxy) is 1. The van der Waals surface area contributed by atoms with Gasteiger partial charge in [-0.15, -0.1) is 11.8 Å². The molecule has 0 spiro atoms. The molecule has 0 fully saturated rings. The van der Waals surface area contributed by atoms with Crippen LogP contribution in [0.2, 0.25) is 0 Å². The molecule has 0 heterocycles. The van der Waals surface area contributed by atoms with Crippen LogP contribution in [-0.4, -0.2) is 29.0 Å². The zero-order chi connectivity index (χ0) is 16.0. The Hall–Kier alpha value is -1.69.